The SMILES string of the molecule is C=NN(N=C)c1ccccc1C(=O)N1CCC(F)(F)C(Oc2cc3ccccc3cn2)C1. The first kappa shape index (κ1) is 21.4. The fourth-order valence-corrected chi connectivity index (χ4v) is 3.65. The second kappa shape index (κ2) is 8.70. The van der Waals surface area contributed by atoms with Crippen molar-refractivity contribution in [2.75, 3.05) is 18.2 Å². The number of alkyl halides is 2. The molecule has 0 spiro atoms. The maximum absolute atomic E-state index is 14.7. The van der Waals surface area contributed by atoms with Crippen molar-refractivity contribution in [1.29, 1.82) is 0 Å². The molecule has 0 saturated carbocycles. The van der Waals surface area contributed by atoms with Gasteiger partial charge in [-0.05, 0) is 17.5 Å². The quantitative estimate of drug-likeness (QED) is 0.428. The maximum Gasteiger partial charge on any atom is 0.287 e. The monoisotopic (exact) mass is 437 g/mol. The van der Waals surface area contributed by atoms with E-state index in [1.165, 1.54) is 4.90 Å². The summed E-state index contributed by atoms with van der Waals surface area (Å²) in [6.07, 6.45) is -0.487. The Hall–Kier alpha value is -3.88. The zero-order valence-electron chi connectivity index (χ0n) is 17.2. The van der Waals surface area contributed by atoms with Crippen LogP contribution in [0.4, 0.5) is 14.5 Å². The number of amides is 1. The van der Waals surface area contributed by atoms with E-state index in [2.05, 4.69) is 28.6 Å². The van der Waals surface area contributed by atoms with Crippen LogP contribution in [0.5, 0.6) is 5.88 Å². The van der Waals surface area contributed by atoms with Gasteiger partial charge in [0.15, 0.2) is 6.10 Å². The molecule has 7 nitrogen and oxygen atoms in total. The molecule has 4 rings (SSSR count). The number of piperidine rings is 1. The number of para-hydroxylation sites is 1. The van der Waals surface area contributed by atoms with Crippen LogP contribution in [0, 0.1) is 0 Å². The van der Waals surface area contributed by atoms with Crippen molar-refractivity contribution in [2.45, 2.75) is 18.4 Å². The van der Waals surface area contributed by atoms with Crippen LogP contribution in [0.1, 0.15) is 16.8 Å². The molecule has 1 aromatic heterocycles. The molecule has 1 aliphatic heterocycles. The molecule has 0 bridgehead atoms. The van der Waals surface area contributed by atoms with Crippen molar-refractivity contribution >= 4 is 35.8 Å². The summed E-state index contributed by atoms with van der Waals surface area (Å²) in [5.41, 5.74) is 0.605. The van der Waals surface area contributed by atoms with E-state index < -0.39 is 24.4 Å². The minimum atomic E-state index is -3.11. The number of halogens is 2. The summed E-state index contributed by atoms with van der Waals surface area (Å²) in [6, 6.07) is 15.6. The van der Waals surface area contributed by atoms with Crippen molar-refractivity contribution in [3.05, 3.63) is 66.4 Å². The van der Waals surface area contributed by atoms with Gasteiger partial charge in [0.1, 0.15) is 0 Å². The van der Waals surface area contributed by atoms with Crippen LogP contribution in [0.25, 0.3) is 10.8 Å². The Morgan fingerprint density at radius 1 is 1.12 bits per heavy atom. The lowest BCUT2D eigenvalue weighted by Crippen LogP contribution is -2.55. The zero-order valence-corrected chi connectivity index (χ0v) is 17.2. The summed E-state index contributed by atoms with van der Waals surface area (Å²) in [6.45, 7) is 6.41. The van der Waals surface area contributed by atoms with E-state index in [9.17, 15) is 13.6 Å². The summed E-state index contributed by atoms with van der Waals surface area (Å²) in [4.78, 5) is 18.7. The van der Waals surface area contributed by atoms with E-state index in [-0.39, 0.29) is 24.5 Å². The highest BCUT2D eigenvalue weighted by molar-refractivity contribution is 6.00. The summed E-state index contributed by atoms with van der Waals surface area (Å²) in [7, 11) is 0. The largest absolute Gasteiger partial charge is 0.466 e. The van der Waals surface area contributed by atoms with Crippen LogP contribution in [0.2, 0.25) is 0 Å². The zero-order chi connectivity index (χ0) is 22.7. The van der Waals surface area contributed by atoms with Gasteiger partial charge in [-0.2, -0.15) is 15.3 Å². The van der Waals surface area contributed by atoms with Crippen LogP contribution in [-0.4, -0.2) is 54.3 Å². The summed E-state index contributed by atoms with van der Waals surface area (Å²) in [5.74, 6) is -3.46. The van der Waals surface area contributed by atoms with Gasteiger partial charge in [-0.15, -0.1) is 0 Å². The third-order valence-corrected chi connectivity index (χ3v) is 5.35. The molecule has 1 fully saturated rings. The lowest BCUT2D eigenvalue weighted by molar-refractivity contribution is -0.131. The van der Waals surface area contributed by atoms with Gasteiger partial charge in [-0.1, -0.05) is 36.4 Å². The third-order valence-electron chi connectivity index (χ3n) is 5.35. The van der Waals surface area contributed by atoms with Crippen molar-refractivity contribution < 1.29 is 18.3 Å². The van der Waals surface area contributed by atoms with Gasteiger partial charge >= 0.3 is 0 Å². The average Bonchev–Trinajstić information content (AvgIpc) is 2.81. The average molecular weight is 437 g/mol. The smallest absolute Gasteiger partial charge is 0.287 e. The molecular formula is C23H21F2N5O2. The number of carbonyl (C=O) groups excluding carboxylic acids is 1. The van der Waals surface area contributed by atoms with E-state index in [0.717, 1.165) is 15.9 Å². The molecular weight excluding hydrogens is 416 g/mol. The lowest BCUT2D eigenvalue weighted by Gasteiger charge is -2.38. The van der Waals surface area contributed by atoms with Gasteiger partial charge in [0.25, 0.3) is 11.8 Å². The van der Waals surface area contributed by atoms with E-state index in [1.54, 1.807) is 36.5 Å². The molecule has 9 heteroatoms. The Balaban J connectivity index is 1.58. The first-order valence-electron chi connectivity index (χ1n) is 9.94. The van der Waals surface area contributed by atoms with Gasteiger partial charge in [-0.3, -0.25) is 4.79 Å². The van der Waals surface area contributed by atoms with Gasteiger partial charge in [0, 0.05) is 44.1 Å². The highest BCUT2D eigenvalue weighted by atomic mass is 19.3. The Morgan fingerprint density at radius 3 is 2.56 bits per heavy atom. The number of benzene rings is 2. The van der Waals surface area contributed by atoms with Crippen molar-refractivity contribution in [2.24, 2.45) is 10.2 Å². The molecule has 0 radical (unpaired) electrons. The number of carbonyl (C=O) groups is 1. The van der Waals surface area contributed by atoms with Crippen molar-refractivity contribution in [3.8, 4) is 5.88 Å². The second-order valence-corrected chi connectivity index (χ2v) is 7.33. The number of nitrogens with zero attached hydrogens (tertiary/aromatic N) is 5. The molecule has 1 saturated heterocycles. The highest BCUT2D eigenvalue weighted by Crippen LogP contribution is 2.33. The number of anilines is 1. The minimum absolute atomic E-state index is 0.0842. The fourth-order valence-electron chi connectivity index (χ4n) is 3.65. The van der Waals surface area contributed by atoms with Crippen LogP contribution in [-0.2, 0) is 0 Å². The van der Waals surface area contributed by atoms with Crippen LogP contribution in [0.15, 0.2) is 71.0 Å². The topological polar surface area (TPSA) is 70.4 Å². The Bertz CT molecular complexity index is 1160. The summed E-state index contributed by atoms with van der Waals surface area (Å²) < 4.78 is 35.0. The standard InChI is InChI=1S/C23H21F2N5O2/c1-26-30(27-2)19-10-6-5-9-18(19)22(31)29-12-11-23(24,25)20(15-29)32-21-13-16-7-3-4-8-17(16)14-28-21/h3-10,13-14,20H,1-2,11-12,15H2. The first-order chi connectivity index (χ1) is 15.4. The number of pyridine rings is 1. The third kappa shape index (κ3) is 4.14. The Morgan fingerprint density at radius 2 is 1.81 bits per heavy atom. The Labute approximate surface area is 183 Å². The number of hydrazone groups is 2. The normalized spacial score (nSPS) is 17.6. The number of hydrogen-bond acceptors (Lipinski definition) is 6. The molecule has 32 heavy (non-hydrogen) atoms. The number of ether oxygens (including phenoxy) is 1. The number of likely N-dealkylation sites (tertiary alicyclic amines) is 1. The summed E-state index contributed by atoms with van der Waals surface area (Å²) >= 11 is 0. The van der Waals surface area contributed by atoms with E-state index >= 15 is 0 Å². The minimum Gasteiger partial charge on any atom is -0.466 e. The molecule has 2 aromatic carbocycles. The lowest BCUT2D eigenvalue weighted by atomic mass is 10.0. The van der Waals surface area contributed by atoms with Gasteiger partial charge in [0.05, 0.1) is 17.8 Å². The van der Waals surface area contributed by atoms with E-state index in [1.807, 2.05) is 24.3 Å². The summed E-state index contributed by atoms with van der Waals surface area (Å²) in [5, 5.41) is 10.2. The number of aromatic nitrogens is 1. The number of hydrogen-bond donors (Lipinski definition) is 0. The molecule has 164 valence electrons. The maximum atomic E-state index is 14.7. The van der Waals surface area contributed by atoms with Crippen LogP contribution >= 0.6 is 0 Å². The van der Waals surface area contributed by atoms with E-state index in [0.29, 0.717) is 5.69 Å². The van der Waals surface area contributed by atoms with Gasteiger partial charge in [0.2, 0.25) is 5.88 Å². The molecule has 0 aliphatic carbocycles. The van der Waals surface area contributed by atoms with Crippen molar-refractivity contribution in [1.82, 2.24) is 9.88 Å². The second-order valence-electron chi connectivity index (χ2n) is 7.33. The molecule has 3 aromatic rings. The van der Waals surface area contributed by atoms with Crippen molar-refractivity contribution in [3.63, 3.8) is 0 Å². The van der Waals surface area contributed by atoms with Gasteiger partial charge < -0.3 is 9.64 Å². The Kier molecular flexibility index (Phi) is 5.81. The molecule has 1 atom stereocenters. The van der Waals surface area contributed by atoms with Crippen LogP contribution in [0.3, 0.4) is 0 Å². The van der Waals surface area contributed by atoms with E-state index in [4.69, 9.17) is 4.74 Å². The molecule has 1 amide bonds. The number of fused-ring (bicyclic) bond motifs is 1. The van der Waals surface area contributed by atoms with Gasteiger partial charge in [-0.25, -0.2) is 13.8 Å². The first-order valence-corrected chi connectivity index (χ1v) is 9.94. The molecule has 2 heterocycles. The predicted octanol–water partition coefficient (Wildman–Crippen LogP) is 4.20. The highest BCUT2D eigenvalue weighted by Gasteiger charge is 2.47. The predicted molar refractivity (Wildman–Crippen MR) is 120 cm³/mol. The fraction of sp³-hybridized carbons (Fsp3) is 0.217. The van der Waals surface area contributed by atoms with Crippen LogP contribution < -0.4 is 9.85 Å². The molecule has 1 aliphatic rings. The molecule has 1 unspecified atom stereocenters. The number of rotatable bonds is 6. The molecule has 0 N–H and O–H groups in total.